The van der Waals surface area contributed by atoms with Gasteiger partial charge in [0.05, 0.1) is 11.8 Å². The van der Waals surface area contributed by atoms with E-state index in [0.29, 0.717) is 15.6 Å². The molecule has 1 aliphatic carbocycles. The fourth-order valence-electron chi connectivity index (χ4n) is 4.65. The number of hydrazone groups is 1. The molecule has 3 aromatic carbocycles. The van der Waals surface area contributed by atoms with Crippen LogP contribution < -0.4 is 0 Å². The fraction of sp³-hybridized carbons (Fsp3) is 0.185. The molecule has 166 valence electrons. The van der Waals surface area contributed by atoms with Crippen LogP contribution in [0.1, 0.15) is 46.8 Å². The number of hydrogen-bond donors (Lipinski definition) is 0. The van der Waals surface area contributed by atoms with Crippen LogP contribution in [-0.2, 0) is 0 Å². The van der Waals surface area contributed by atoms with Crippen LogP contribution in [0.2, 0.25) is 10.0 Å². The maximum atomic E-state index is 13.5. The van der Waals surface area contributed by atoms with Gasteiger partial charge in [-0.1, -0.05) is 47.5 Å². The zero-order chi connectivity index (χ0) is 22.9. The van der Waals surface area contributed by atoms with E-state index < -0.39 is 0 Å². The molecule has 6 heteroatoms. The van der Waals surface area contributed by atoms with Crippen LogP contribution in [0.15, 0.2) is 83.5 Å². The molecule has 2 atom stereocenters. The smallest absolute Gasteiger partial charge is 0.267 e. The van der Waals surface area contributed by atoms with Crippen LogP contribution >= 0.6 is 23.2 Å². The first-order chi connectivity index (χ1) is 16.0. The molecule has 3 nitrogen and oxygen atoms in total. The molecule has 2 aliphatic rings. The van der Waals surface area contributed by atoms with Gasteiger partial charge < -0.3 is 0 Å². The molecule has 0 bridgehead atoms. The molecule has 5 rings (SSSR count). The molecular weight excluding hydrogens is 458 g/mol. The van der Waals surface area contributed by atoms with Crippen molar-refractivity contribution in [3.8, 4) is 0 Å². The summed E-state index contributed by atoms with van der Waals surface area (Å²) in [5, 5.41) is 7.76. The standard InChI is InChI=1S/C27H21Cl2FN2O/c28-21-10-4-17(5-11-21)16-20-2-1-3-24-25(20)31-32(26(24)18-6-12-22(29)13-7-18)27(33)19-8-14-23(30)15-9-19/h4-16,24,26H,1-3H2/b20-16-/t24-,26+/m0/s1. The van der Waals surface area contributed by atoms with Crippen molar-refractivity contribution >= 4 is 40.9 Å². The first-order valence-electron chi connectivity index (χ1n) is 10.9. The van der Waals surface area contributed by atoms with Gasteiger partial charge in [-0.05, 0) is 90.6 Å². The van der Waals surface area contributed by atoms with Gasteiger partial charge in [0.15, 0.2) is 0 Å². The van der Waals surface area contributed by atoms with Crippen LogP contribution in [0, 0.1) is 11.7 Å². The molecule has 0 aromatic heterocycles. The third kappa shape index (κ3) is 4.46. The highest BCUT2D eigenvalue weighted by Gasteiger charge is 2.43. The van der Waals surface area contributed by atoms with E-state index in [-0.39, 0.29) is 23.7 Å². The van der Waals surface area contributed by atoms with E-state index in [1.165, 1.54) is 24.3 Å². The van der Waals surface area contributed by atoms with E-state index in [2.05, 4.69) is 6.08 Å². The monoisotopic (exact) mass is 478 g/mol. The van der Waals surface area contributed by atoms with E-state index >= 15 is 0 Å². The van der Waals surface area contributed by atoms with Crippen molar-refractivity contribution in [2.75, 3.05) is 0 Å². The van der Waals surface area contributed by atoms with Crippen molar-refractivity contribution < 1.29 is 9.18 Å². The van der Waals surface area contributed by atoms with Crippen LogP contribution in [0.5, 0.6) is 0 Å². The van der Waals surface area contributed by atoms with E-state index in [4.69, 9.17) is 28.3 Å². The van der Waals surface area contributed by atoms with Gasteiger partial charge >= 0.3 is 0 Å². The zero-order valence-electron chi connectivity index (χ0n) is 17.7. The van der Waals surface area contributed by atoms with Crippen LogP contribution in [0.4, 0.5) is 4.39 Å². The number of amides is 1. The number of carbonyl (C=O) groups is 1. The Morgan fingerprint density at radius 3 is 2.24 bits per heavy atom. The molecule has 0 saturated heterocycles. The van der Waals surface area contributed by atoms with Crippen molar-refractivity contribution in [2.24, 2.45) is 11.0 Å². The number of nitrogens with zero attached hydrogens (tertiary/aromatic N) is 2. The van der Waals surface area contributed by atoms with Gasteiger partial charge in [-0.25, -0.2) is 9.40 Å². The summed E-state index contributed by atoms with van der Waals surface area (Å²) in [6, 6.07) is 20.6. The highest BCUT2D eigenvalue weighted by molar-refractivity contribution is 6.30. The lowest BCUT2D eigenvalue weighted by atomic mass is 9.77. The molecule has 1 amide bonds. The Labute approximate surface area is 202 Å². The van der Waals surface area contributed by atoms with Gasteiger partial charge in [0.2, 0.25) is 0 Å². The third-order valence-electron chi connectivity index (χ3n) is 6.22. The Morgan fingerprint density at radius 2 is 1.58 bits per heavy atom. The maximum absolute atomic E-state index is 13.5. The normalized spacial score (nSPS) is 21.1. The molecule has 3 aromatic rings. The van der Waals surface area contributed by atoms with E-state index in [1.54, 1.807) is 5.01 Å². The van der Waals surface area contributed by atoms with Crippen molar-refractivity contribution in [1.82, 2.24) is 5.01 Å². The van der Waals surface area contributed by atoms with Crippen LogP contribution in [-0.4, -0.2) is 16.6 Å². The zero-order valence-corrected chi connectivity index (χ0v) is 19.2. The SMILES string of the molecule is O=C(c1ccc(F)cc1)N1N=C2/C(=C\c3ccc(Cl)cc3)CCC[C@@H]2[C@H]1c1ccc(Cl)cc1. The van der Waals surface area contributed by atoms with E-state index in [1.807, 2.05) is 48.5 Å². The number of benzene rings is 3. The second-order valence-corrected chi connectivity index (χ2v) is 9.23. The second-order valence-electron chi connectivity index (χ2n) is 8.36. The molecular formula is C27H21Cl2FN2O. The van der Waals surface area contributed by atoms with Gasteiger partial charge in [-0.3, -0.25) is 4.79 Å². The molecule has 1 fully saturated rings. The van der Waals surface area contributed by atoms with Gasteiger partial charge in [-0.2, -0.15) is 5.10 Å². The summed E-state index contributed by atoms with van der Waals surface area (Å²) in [5.74, 6) is -0.555. The lowest BCUT2D eigenvalue weighted by Crippen LogP contribution is -2.31. The largest absolute Gasteiger partial charge is 0.274 e. The van der Waals surface area contributed by atoms with Gasteiger partial charge in [0.1, 0.15) is 5.82 Å². The highest BCUT2D eigenvalue weighted by Crippen LogP contribution is 2.45. The fourth-order valence-corrected chi connectivity index (χ4v) is 4.90. The first-order valence-corrected chi connectivity index (χ1v) is 11.6. The summed E-state index contributed by atoms with van der Waals surface area (Å²) in [6.07, 6.45) is 4.96. The topological polar surface area (TPSA) is 32.7 Å². The molecule has 0 spiro atoms. The minimum absolute atomic E-state index is 0.0721. The number of hydrogen-bond acceptors (Lipinski definition) is 2. The minimum atomic E-state index is -0.379. The van der Waals surface area contributed by atoms with Crippen molar-refractivity contribution in [1.29, 1.82) is 0 Å². The maximum Gasteiger partial charge on any atom is 0.274 e. The molecule has 1 heterocycles. The van der Waals surface area contributed by atoms with Crippen molar-refractivity contribution in [3.05, 3.63) is 111 Å². The molecule has 1 aliphatic heterocycles. The summed E-state index contributed by atoms with van der Waals surface area (Å²) in [7, 11) is 0. The Bertz CT molecular complexity index is 1230. The summed E-state index contributed by atoms with van der Waals surface area (Å²) in [6.45, 7) is 0. The van der Waals surface area contributed by atoms with Gasteiger partial charge in [0, 0.05) is 21.5 Å². The van der Waals surface area contributed by atoms with Crippen molar-refractivity contribution in [2.45, 2.75) is 25.3 Å². The summed E-state index contributed by atoms with van der Waals surface area (Å²) < 4.78 is 13.5. The predicted molar refractivity (Wildman–Crippen MR) is 131 cm³/mol. The second kappa shape index (κ2) is 9.12. The number of halogens is 3. The summed E-state index contributed by atoms with van der Waals surface area (Å²) in [4.78, 5) is 13.5. The van der Waals surface area contributed by atoms with Gasteiger partial charge in [0.25, 0.3) is 5.91 Å². The van der Waals surface area contributed by atoms with E-state index in [0.717, 1.165) is 41.7 Å². The molecule has 0 radical (unpaired) electrons. The van der Waals surface area contributed by atoms with Crippen LogP contribution in [0.3, 0.4) is 0 Å². The lowest BCUT2D eigenvalue weighted by Gasteiger charge is -2.29. The molecule has 0 unspecified atom stereocenters. The number of allylic oxidation sites excluding steroid dienone is 1. The number of fused-ring (bicyclic) bond motifs is 1. The summed E-state index contributed by atoms with van der Waals surface area (Å²) in [5.41, 5.74) is 4.49. The number of carbonyl (C=O) groups excluding carboxylic acids is 1. The number of rotatable bonds is 3. The van der Waals surface area contributed by atoms with Gasteiger partial charge in [-0.15, -0.1) is 0 Å². The molecule has 33 heavy (non-hydrogen) atoms. The highest BCUT2D eigenvalue weighted by atomic mass is 35.5. The third-order valence-corrected chi connectivity index (χ3v) is 6.73. The Hall–Kier alpha value is -2.95. The van der Waals surface area contributed by atoms with E-state index in [9.17, 15) is 9.18 Å². The Kier molecular flexibility index (Phi) is 6.05. The minimum Gasteiger partial charge on any atom is -0.267 e. The Morgan fingerprint density at radius 1 is 0.939 bits per heavy atom. The molecule has 0 N–H and O–H groups in total. The van der Waals surface area contributed by atoms with Crippen LogP contribution in [0.25, 0.3) is 6.08 Å². The lowest BCUT2D eigenvalue weighted by molar-refractivity contribution is 0.0681. The first kappa shape index (κ1) is 21.9. The Balaban J connectivity index is 1.57. The molecule has 1 saturated carbocycles. The summed E-state index contributed by atoms with van der Waals surface area (Å²) >= 11 is 12.2. The average molecular weight is 479 g/mol. The predicted octanol–water partition coefficient (Wildman–Crippen LogP) is 7.57. The average Bonchev–Trinajstić information content (AvgIpc) is 3.22. The van der Waals surface area contributed by atoms with Crippen molar-refractivity contribution in [3.63, 3.8) is 0 Å². The quantitative estimate of drug-likeness (QED) is 0.381.